The number of nitrogens with two attached hydrogens (primary N) is 2. The van der Waals surface area contributed by atoms with Gasteiger partial charge in [0, 0.05) is 30.1 Å². The SMILES string of the molecule is COC(=O)C(CCCN1C(=O)c2ccccc2C1=O)NC(=O)c1ccc(N=Cc2c[nH]c3nc(N)nc(N)c23)cc1. The Morgan fingerprint density at radius 1 is 1.07 bits per heavy atom. The molecule has 2 aromatic heterocycles. The zero-order valence-electron chi connectivity index (χ0n) is 22.0. The number of anilines is 2. The number of nitrogens with zero attached hydrogens (tertiary/aromatic N) is 4. The van der Waals surface area contributed by atoms with Gasteiger partial charge in [-0.15, -0.1) is 0 Å². The standard InChI is InChI=1S/C28H26N8O5/c1-41-27(40)20(7-4-12-36-25(38)18-5-2-3-6-19(18)26(36)39)33-24(37)15-8-10-17(11-9-15)31-13-16-14-32-23-21(16)22(29)34-28(30)35-23/h2-3,5-6,8-11,13-14,20H,4,7,12H2,1H3,(H,33,37)(H5,29,30,32,34,35). The fourth-order valence-corrected chi connectivity index (χ4v) is 4.58. The third-order valence-electron chi connectivity index (χ3n) is 6.63. The van der Waals surface area contributed by atoms with Crippen molar-refractivity contribution >= 4 is 58.4 Å². The molecule has 4 aromatic rings. The predicted molar refractivity (Wildman–Crippen MR) is 151 cm³/mol. The highest BCUT2D eigenvalue weighted by atomic mass is 16.5. The van der Waals surface area contributed by atoms with Crippen LogP contribution < -0.4 is 16.8 Å². The van der Waals surface area contributed by atoms with Crippen molar-refractivity contribution in [3.05, 3.63) is 77.0 Å². The van der Waals surface area contributed by atoms with Gasteiger partial charge in [-0.2, -0.15) is 9.97 Å². The van der Waals surface area contributed by atoms with Gasteiger partial charge in [0.05, 0.1) is 29.3 Å². The van der Waals surface area contributed by atoms with Crippen molar-refractivity contribution in [1.29, 1.82) is 0 Å². The van der Waals surface area contributed by atoms with E-state index in [-0.39, 0.29) is 43.0 Å². The lowest BCUT2D eigenvalue weighted by Crippen LogP contribution is -2.42. The molecule has 1 unspecified atom stereocenters. The number of methoxy groups -OCH3 is 1. The number of imide groups is 1. The average Bonchev–Trinajstić information content (AvgIpc) is 3.49. The maximum absolute atomic E-state index is 12.9. The molecule has 1 aliphatic rings. The number of carbonyl (C=O) groups excluding carboxylic acids is 4. The van der Waals surface area contributed by atoms with E-state index in [0.29, 0.717) is 39.0 Å². The summed E-state index contributed by atoms with van der Waals surface area (Å²) in [5, 5.41) is 3.26. The molecular formula is C28H26N8O5. The van der Waals surface area contributed by atoms with Crippen molar-refractivity contribution in [2.75, 3.05) is 25.1 Å². The lowest BCUT2D eigenvalue weighted by Gasteiger charge is -2.19. The molecule has 0 spiro atoms. The van der Waals surface area contributed by atoms with Crippen molar-refractivity contribution in [3.8, 4) is 0 Å². The quantitative estimate of drug-likeness (QED) is 0.136. The van der Waals surface area contributed by atoms with Crippen molar-refractivity contribution in [3.63, 3.8) is 0 Å². The van der Waals surface area contributed by atoms with Gasteiger partial charge in [-0.25, -0.2) is 4.79 Å². The minimum absolute atomic E-state index is 0.0615. The van der Waals surface area contributed by atoms with Gasteiger partial charge in [0.2, 0.25) is 5.95 Å². The maximum Gasteiger partial charge on any atom is 0.328 e. The number of nitrogens with one attached hydrogen (secondary N) is 2. The van der Waals surface area contributed by atoms with Gasteiger partial charge in [0.1, 0.15) is 17.5 Å². The third-order valence-corrected chi connectivity index (χ3v) is 6.63. The summed E-state index contributed by atoms with van der Waals surface area (Å²) < 4.78 is 4.85. The summed E-state index contributed by atoms with van der Waals surface area (Å²) in [6.07, 6.45) is 3.72. The van der Waals surface area contributed by atoms with E-state index in [0.717, 1.165) is 4.90 Å². The first-order chi connectivity index (χ1) is 19.8. The van der Waals surface area contributed by atoms with Crippen molar-refractivity contribution in [1.82, 2.24) is 25.2 Å². The smallest absolute Gasteiger partial charge is 0.328 e. The number of aromatic amines is 1. The molecule has 5 rings (SSSR count). The molecule has 0 saturated carbocycles. The molecule has 6 N–H and O–H groups in total. The Morgan fingerprint density at radius 3 is 2.41 bits per heavy atom. The normalized spacial score (nSPS) is 13.5. The lowest BCUT2D eigenvalue weighted by molar-refractivity contribution is -0.143. The highest BCUT2D eigenvalue weighted by molar-refractivity contribution is 6.21. The number of hydrogen-bond acceptors (Lipinski definition) is 10. The van der Waals surface area contributed by atoms with Crippen LogP contribution in [0.4, 0.5) is 17.5 Å². The first-order valence-electron chi connectivity index (χ1n) is 12.6. The highest BCUT2D eigenvalue weighted by Gasteiger charge is 2.35. The third kappa shape index (κ3) is 5.45. The molecule has 13 nitrogen and oxygen atoms in total. The second-order valence-corrected chi connectivity index (χ2v) is 9.24. The molecule has 3 heterocycles. The second kappa shape index (κ2) is 11.3. The lowest BCUT2D eigenvalue weighted by atomic mass is 10.1. The summed E-state index contributed by atoms with van der Waals surface area (Å²) in [5.74, 6) is -1.59. The minimum Gasteiger partial charge on any atom is -0.467 e. The van der Waals surface area contributed by atoms with E-state index in [1.54, 1.807) is 60.9 Å². The van der Waals surface area contributed by atoms with Crippen LogP contribution in [-0.2, 0) is 9.53 Å². The van der Waals surface area contributed by atoms with Crippen LogP contribution in [0.1, 0.15) is 49.5 Å². The number of rotatable bonds is 9. The number of hydrogen-bond donors (Lipinski definition) is 4. The van der Waals surface area contributed by atoms with Crippen LogP contribution in [0.2, 0.25) is 0 Å². The number of aromatic nitrogens is 3. The Bertz CT molecular complexity index is 1660. The summed E-state index contributed by atoms with van der Waals surface area (Å²) in [5.41, 5.74) is 14.3. The van der Waals surface area contributed by atoms with E-state index < -0.39 is 17.9 Å². The maximum atomic E-state index is 12.9. The molecule has 2 aromatic carbocycles. The van der Waals surface area contributed by atoms with Gasteiger partial charge < -0.3 is 26.5 Å². The van der Waals surface area contributed by atoms with Gasteiger partial charge in [0.15, 0.2) is 0 Å². The number of nitrogen functional groups attached to an aromatic ring is 2. The first-order valence-corrected chi connectivity index (χ1v) is 12.6. The van der Waals surface area contributed by atoms with Crippen molar-refractivity contribution in [2.24, 2.45) is 4.99 Å². The molecule has 0 saturated heterocycles. The summed E-state index contributed by atoms with van der Waals surface area (Å²) in [6, 6.07) is 12.1. The topological polar surface area (TPSA) is 199 Å². The molecule has 1 aliphatic heterocycles. The minimum atomic E-state index is -0.969. The zero-order valence-corrected chi connectivity index (χ0v) is 22.0. The summed E-state index contributed by atoms with van der Waals surface area (Å²) >= 11 is 0. The Balaban J connectivity index is 1.20. The molecule has 1 atom stereocenters. The van der Waals surface area contributed by atoms with Gasteiger partial charge in [-0.3, -0.25) is 24.3 Å². The van der Waals surface area contributed by atoms with Gasteiger partial charge in [-0.1, -0.05) is 12.1 Å². The molecule has 208 valence electrons. The van der Waals surface area contributed by atoms with Crippen LogP contribution in [0.5, 0.6) is 0 Å². The van der Waals surface area contributed by atoms with Crippen LogP contribution in [0, 0.1) is 0 Å². The van der Waals surface area contributed by atoms with E-state index in [2.05, 4.69) is 25.3 Å². The Labute approximate surface area is 233 Å². The van der Waals surface area contributed by atoms with Crippen LogP contribution in [0.15, 0.2) is 59.7 Å². The number of carbonyl (C=O) groups is 4. The number of ether oxygens (including phenoxy) is 1. The molecule has 13 heteroatoms. The van der Waals surface area contributed by atoms with E-state index in [4.69, 9.17) is 16.2 Å². The van der Waals surface area contributed by atoms with E-state index in [1.165, 1.54) is 7.11 Å². The fourth-order valence-electron chi connectivity index (χ4n) is 4.58. The molecule has 0 fully saturated rings. The Hall–Kier alpha value is -5.59. The Morgan fingerprint density at radius 2 is 1.76 bits per heavy atom. The van der Waals surface area contributed by atoms with E-state index in [9.17, 15) is 19.2 Å². The highest BCUT2D eigenvalue weighted by Crippen LogP contribution is 2.24. The number of benzene rings is 2. The van der Waals surface area contributed by atoms with Crippen LogP contribution in [0.3, 0.4) is 0 Å². The second-order valence-electron chi connectivity index (χ2n) is 9.24. The van der Waals surface area contributed by atoms with Crippen LogP contribution >= 0.6 is 0 Å². The molecule has 0 radical (unpaired) electrons. The van der Waals surface area contributed by atoms with E-state index in [1.807, 2.05) is 0 Å². The summed E-state index contributed by atoms with van der Waals surface area (Å²) in [6.45, 7) is 0.101. The summed E-state index contributed by atoms with van der Waals surface area (Å²) in [7, 11) is 1.22. The van der Waals surface area contributed by atoms with Gasteiger partial charge >= 0.3 is 5.97 Å². The van der Waals surface area contributed by atoms with Gasteiger partial charge in [0.25, 0.3) is 17.7 Å². The molecule has 41 heavy (non-hydrogen) atoms. The number of H-pyrrole nitrogens is 1. The van der Waals surface area contributed by atoms with Gasteiger partial charge in [-0.05, 0) is 49.2 Å². The fraction of sp³-hybridized carbons (Fsp3) is 0.179. The van der Waals surface area contributed by atoms with E-state index >= 15 is 0 Å². The first kappa shape index (κ1) is 27.0. The van der Waals surface area contributed by atoms with Crippen LogP contribution in [-0.4, -0.2) is 69.5 Å². The largest absolute Gasteiger partial charge is 0.467 e. The zero-order chi connectivity index (χ0) is 29.1. The molecule has 3 amide bonds. The predicted octanol–water partition coefficient (Wildman–Crippen LogP) is 2.22. The molecule has 0 aliphatic carbocycles. The van der Waals surface area contributed by atoms with Crippen LogP contribution in [0.25, 0.3) is 11.0 Å². The molecule has 0 bridgehead atoms. The van der Waals surface area contributed by atoms with Crippen molar-refractivity contribution < 1.29 is 23.9 Å². The molecular weight excluding hydrogens is 528 g/mol. The number of amides is 3. The number of esters is 1. The number of fused-ring (bicyclic) bond motifs is 2. The van der Waals surface area contributed by atoms with Crippen molar-refractivity contribution in [2.45, 2.75) is 18.9 Å². The summed E-state index contributed by atoms with van der Waals surface area (Å²) in [4.78, 5) is 67.0. The monoisotopic (exact) mass is 554 g/mol. The number of aliphatic imine (C=N–C) groups is 1. The average molecular weight is 555 g/mol. The Kier molecular flexibility index (Phi) is 7.41.